The van der Waals surface area contributed by atoms with Crippen molar-refractivity contribution >= 4 is 0 Å². The Morgan fingerprint density at radius 3 is 2.67 bits per heavy atom. The van der Waals surface area contributed by atoms with Gasteiger partial charge in [-0.15, -0.1) is 0 Å². The van der Waals surface area contributed by atoms with E-state index < -0.39 is 0 Å². The summed E-state index contributed by atoms with van der Waals surface area (Å²) in [4.78, 5) is 0. The molecule has 2 rings (SSSR count). The fraction of sp³-hybridized carbons (Fsp3) is 1.00. The molecule has 0 aromatic carbocycles. The van der Waals surface area contributed by atoms with Crippen molar-refractivity contribution in [3.63, 3.8) is 0 Å². The highest BCUT2D eigenvalue weighted by atomic mass is 16.5. The average Bonchev–Trinajstić information content (AvgIpc) is 2.17. The van der Waals surface area contributed by atoms with Crippen molar-refractivity contribution in [1.82, 2.24) is 5.32 Å². The normalized spacial score (nSPS) is 31.0. The monoisotopic (exact) mass is 211 g/mol. The third-order valence-electron chi connectivity index (χ3n) is 3.77. The van der Waals surface area contributed by atoms with Crippen molar-refractivity contribution in [1.29, 1.82) is 0 Å². The number of hydrogen-bond acceptors (Lipinski definition) is 2. The Hall–Kier alpha value is -0.0800. The molecular weight excluding hydrogens is 186 g/mol. The zero-order valence-electron chi connectivity index (χ0n) is 10.2. The van der Waals surface area contributed by atoms with Crippen LogP contribution in [0.3, 0.4) is 0 Å². The summed E-state index contributed by atoms with van der Waals surface area (Å²) in [5.41, 5.74) is 0.343. The zero-order valence-corrected chi connectivity index (χ0v) is 10.2. The lowest BCUT2D eigenvalue weighted by molar-refractivity contribution is -0.0217. The first-order chi connectivity index (χ1) is 7.20. The Labute approximate surface area is 93.8 Å². The smallest absolute Gasteiger partial charge is 0.0649 e. The maximum absolute atomic E-state index is 5.81. The van der Waals surface area contributed by atoms with Gasteiger partial charge >= 0.3 is 0 Å². The van der Waals surface area contributed by atoms with Gasteiger partial charge in [-0.05, 0) is 25.2 Å². The fourth-order valence-corrected chi connectivity index (χ4v) is 3.13. The van der Waals surface area contributed by atoms with E-state index in [1.165, 1.54) is 38.5 Å². The van der Waals surface area contributed by atoms with Crippen molar-refractivity contribution in [2.24, 2.45) is 5.92 Å². The fourth-order valence-electron chi connectivity index (χ4n) is 3.13. The third-order valence-corrected chi connectivity index (χ3v) is 3.77. The molecule has 88 valence electrons. The molecule has 1 heterocycles. The highest BCUT2D eigenvalue weighted by molar-refractivity contribution is 4.95. The molecule has 1 N–H and O–H groups in total. The van der Waals surface area contributed by atoms with Crippen molar-refractivity contribution in [3.8, 4) is 0 Å². The first kappa shape index (κ1) is 11.4. The largest absolute Gasteiger partial charge is 0.378 e. The molecule has 1 saturated heterocycles. The molecule has 2 aliphatic rings. The van der Waals surface area contributed by atoms with Crippen molar-refractivity contribution in [3.05, 3.63) is 0 Å². The van der Waals surface area contributed by atoms with Crippen LogP contribution in [0.1, 0.15) is 52.4 Å². The predicted molar refractivity (Wildman–Crippen MR) is 63.0 cm³/mol. The van der Waals surface area contributed by atoms with Crippen LogP contribution in [0, 0.1) is 5.92 Å². The Morgan fingerprint density at radius 1 is 1.27 bits per heavy atom. The summed E-state index contributed by atoms with van der Waals surface area (Å²) in [5, 5.41) is 3.88. The van der Waals surface area contributed by atoms with Crippen LogP contribution >= 0.6 is 0 Å². The Bertz CT molecular complexity index is 191. The molecule has 2 heteroatoms. The van der Waals surface area contributed by atoms with E-state index in [4.69, 9.17) is 4.74 Å². The van der Waals surface area contributed by atoms with Gasteiger partial charge in [-0.25, -0.2) is 0 Å². The van der Waals surface area contributed by atoms with Gasteiger partial charge < -0.3 is 10.1 Å². The van der Waals surface area contributed by atoms with Gasteiger partial charge in [0, 0.05) is 11.6 Å². The van der Waals surface area contributed by atoms with E-state index in [-0.39, 0.29) is 0 Å². The second kappa shape index (κ2) is 4.84. The van der Waals surface area contributed by atoms with Crippen molar-refractivity contribution in [2.75, 3.05) is 13.2 Å². The molecule has 1 aliphatic carbocycles. The second-order valence-electron chi connectivity index (χ2n) is 5.83. The minimum Gasteiger partial charge on any atom is -0.378 e. The van der Waals surface area contributed by atoms with Crippen LogP contribution in [-0.2, 0) is 4.74 Å². The summed E-state index contributed by atoms with van der Waals surface area (Å²) >= 11 is 0. The molecular formula is C13H25NO. The van der Waals surface area contributed by atoms with Gasteiger partial charge in [0.2, 0.25) is 0 Å². The van der Waals surface area contributed by atoms with Crippen LogP contribution in [0.4, 0.5) is 0 Å². The average molecular weight is 211 g/mol. The Morgan fingerprint density at radius 2 is 2.00 bits per heavy atom. The van der Waals surface area contributed by atoms with Crippen LogP contribution in [0.15, 0.2) is 0 Å². The van der Waals surface area contributed by atoms with Gasteiger partial charge in [0.1, 0.15) is 0 Å². The maximum atomic E-state index is 5.81. The quantitative estimate of drug-likeness (QED) is 0.758. The molecule has 1 saturated carbocycles. The molecule has 1 atom stereocenters. The van der Waals surface area contributed by atoms with Gasteiger partial charge in [0.25, 0.3) is 0 Å². The minimum atomic E-state index is 0.343. The van der Waals surface area contributed by atoms with Gasteiger partial charge in [-0.3, -0.25) is 0 Å². The number of rotatable bonds is 2. The molecule has 15 heavy (non-hydrogen) atoms. The van der Waals surface area contributed by atoms with E-state index in [1.807, 2.05) is 0 Å². The summed E-state index contributed by atoms with van der Waals surface area (Å²) in [6, 6.07) is 0.594. The standard InChI is InChI=1S/C13H25NO/c1-11(2)8-12-9-15-10-13(14-12)6-4-3-5-7-13/h11-12,14H,3-10H2,1-2H3/t12-/m0/s1. The predicted octanol–water partition coefficient (Wildman–Crippen LogP) is 2.72. The maximum Gasteiger partial charge on any atom is 0.0649 e. The van der Waals surface area contributed by atoms with Crippen LogP contribution in [-0.4, -0.2) is 24.8 Å². The lowest BCUT2D eigenvalue weighted by Gasteiger charge is -2.45. The lowest BCUT2D eigenvalue weighted by atomic mass is 9.80. The molecule has 0 aromatic rings. The second-order valence-corrected chi connectivity index (χ2v) is 5.83. The van der Waals surface area contributed by atoms with Gasteiger partial charge in [-0.1, -0.05) is 33.1 Å². The molecule has 2 nitrogen and oxygen atoms in total. The molecule has 1 aliphatic heterocycles. The molecule has 1 spiro atoms. The first-order valence-corrected chi connectivity index (χ1v) is 6.56. The molecule has 0 aromatic heterocycles. The minimum absolute atomic E-state index is 0.343. The highest BCUT2D eigenvalue weighted by Crippen LogP contribution is 2.31. The van der Waals surface area contributed by atoms with E-state index in [9.17, 15) is 0 Å². The van der Waals surface area contributed by atoms with E-state index in [0.717, 1.165) is 19.1 Å². The topological polar surface area (TPSA) is 21.3 Å². The van der Waals surface area contributed by atoms with Crippen LogP contribution in [0.2, 0.25) is 0 Å². The zero-order chi connectivity index (χ0) is 10.7. The molecule has 0 radical (unpaired) electrons. The number of morpholine rings is 1. The Kier molecular flexibility index (Phi) is 3.68. The SMILES string of the molecule is CC(C)C[C@H]1COCC2(CCCCC2)N1. The molecule has 2 fully saturated rings. The van der Waals surface area contributed by atoms with Crippen LogP contribution < -0.4 is 5.32 Å². The van der Waals surface area contributed by atoms with E-state index >= 15 is 0 Å². The van der Waals surface area contributed by atoms with E-state index in [1.54, 1.807) is 0 Å². The van der Waals surface area contributed by atoms with Crippen LogP contribution in [0.25, 0.3) is 0 Å². The summed E-state index contributed by atoms with van der Waals surface area (Å²) in [5.74, 6) is 0.768. The van der Waals surface area contributed by atoms with E-state index in [2.05, 4.69) is 19.2 Å². The van der Waals surface area contributed by atoms with Gasteiger partial charge in [-0.2, -0.15) is 0 Å². The summed E-state index contributed by atoms with van der Waals surface area (Å²) in [7, 11) is 0. The van der Waals surface area contributed by atoms with Crippen molar-refractivity contribution < 1.29 is 4.74 Å². The number of nitrogens with one attached hydrogen (secondary N) is 1. The first-order valence-electron chi connectivity index (χ1n) is 6.56. The lowest BCUT2D eigenvalue weighted by Crippen LogP contribution is -2.60. The number of ether oxygens (including phenoxy) is 1. The molecule has 0 bridgehead atoms. The third kappa shape index (κ3) is 2.94. The van der Waals surface area contributed by atoms with Gasteiger partial charge in [0.05, 0.1) is 13.2 Å². The summed E-state index contributed by atoms with van der Waals surface area (Å²) in [6.07, 6.45) is 8.07. The molecule has 0 unspecified atom stereocenters. The van der Waals surface area contributed by atoms with E-state index in [0.29, 0.717) is 11.6 Å². The highest BCUT2D eigenvalue weighted by Gasteiger charge is 2.37. The van der Waals surface area contributed by atoms with Gasteiger partial charge in [0.15, 0.2) is 0 Å². The summed E-state index contributed by atoms with van der Waals surface area (Å²) < 4.78 is 5.81. The summed E-state index contributed by atoms with van der Waals surface area (Å²) in [6.45, 7) is 6.45. The number of hydrogen-bond donors (Lipinski definition) is 1. The molecule has 0 amide bonds. The Balaban J connectivity index is 1.90. The van der Waals surface area contributed by atoms with Crippen LogP contribution in [0.5, 0.6) is 0 Å². The van der Waals surface area contributed by atoms with Crippen molar-refractivity contribution in [2.45, 2.75) is 64.0 Å².